The van der Waals surface area contributed by atoms with Crippen molar-refractivity contribution in [2.45, 2.75) is 45.6 Å². The average Bonchev–Trinajstić information content (AvgIpc) is 3.08. The lowest BCUT2D eigenvalue weighted by atomic mass is 9.72. The maximum atomic E-state index is 12.9. The number of carbonyl (C=O) groups is 2. The minimum absolute atomic E-state index is 0.169. The van der Waals surface area contributed by atoms with Gasteiger partial charge >= 0.3 is 0 Å². The number of piperidine rings is 2. The molecule has 3 heterocycles. The van der Waals surface area contributed by atoms with Crippen LogP contribution in [0, 0.1) is 12.3 Å². The minimum Gasteiger partial charge on any atom is -0.341 e. The number of amides is 2. The molecule has 0 bridgehead atoms. The highest BCUT2D eigenvalue weighted by Crippen LogP contribution is 2.40. The van der Waals surface area contributed by atoms with Crippen LogP contribution in [-0.4, -0.2) is 82.9 Å². The van der Waals surface area contributed by atoms with E-state index in [0.29, 0.717) is 6.42 Å². The predicted octanol–water partition coefficient (Wildman–Crippen LogP) is 1.55. The second-order valence-electron chi connectivity index (χ2n) is 8.50. The zero-order valence-electron chi connectivity index (χ0n) is 17.1. The molecule has 2 saturated heterocycles. The summed E-state index contributed by atoms with van der Waals surface area (Å²) in [6.45, 7) is 7.98. The van der Waals surface area contributed by atoms with E-state index in [4.69, 9.17) is 0 Å². The van der Waals surface area contributed by atoms with Crippen molar-refractivity contribution < 1.29 is 9.59 Å². The van der Waals surface area contributed by atoms with E-state index in [1.165, 1.54) is 0 Å². The Labute approximate surface area is 162 Å². The molecule has 0 aliphatic carbocycles. The normalized spacial score (nSPS) is 21.1. The Morgan fingerprint density at radius 2 is 2.00 bits per heavy atom. The first-order chi connectivity index (χ1) is 12.8. The van der Waals surface area contributed by atoms with E-state index in [1.54, 1.807) is 6.20 Å². The molecule has 7 heteroatoms. The van der Waals surface area contributed by atoms with Gasteiger partial charge in [-0.15, -0.1) is 0 Å². The molecule has 2 aliphatic rings. The highest BCUT2D eigenvalue weighted by atomic mass is 16.2. The zero-order chi connectivity index (χ0) is 19.6. The summed E-state index contributed by atoms with van der Waals surface area (Å²) in [5, 5.41) is 0. The van der Waals surface area contributed by atoms with Gasteiger partial charge in [0.15, 0.2) is 0 Å². The van der Waals surface area contributed by atoms with Crippen LogP contribution in [0.25, 0.3) is 0 Å². The molecule has 1 unspecified atom stereocenters. The fraction of sp³-hybridized carbons (Fsp3) is 0.750. The van der Waals surface area contributed by atoms with E-state index in [2.05, 4.69) is 9.88 Å². The third kappa shape index (κ3) is 4.34. The van der Waals surface area contributed by atoms with Crippen molar-refractivity contribution in [2.24, 2.45) is 5.41 Å². The number of carbonyl (C=O) groups excluding carboxylic acids is 2. The molecule has 7 nitrogen and oxygen atoms in total. The first-order valence-corrected chi connectivity index (χ1v) is 10.0. The lowest BCUT2D eigenvalue weighted by Crippen LogP contribution is -2.53. The standard InChI is InChI=1S/C20H33N5O2/c1-16(25-12-9-21-17(25)2)19(27)23-10-7-20(8-11-23)6-5-18(26)24(15-20)14-13-22(3)4/h9,12,16H,5-8,10-11,13-15H2,1-4H3. The van der Waals surface area contributed by atoms with Crippen LogP contribution in [0.2, 0.25) is 0 Å². The fourth-order valence-corrected chi connectivity index (χ4v) is 4.42. The van der Waals surface area contributed by atoms with Gasteiger partial charge in [0.05, 0.1) is 0 Å². The Hall–Kier alpha value is -1.89. The fourth-order valence-electron chi connectivity index (χ4n) is 4.42. The number of likely N-dealkylation sites (tertiary alicyclic amines) is 2. The number of hydrogen-bond donors (Lipinski definition) is 0. The molecule has 27 heavy (non-hydrogen) atoms. The molecular weight excluding hydrogens is 342 g/mol. The van der Waals surface area contributed by atoms with Gasteiger partial charge in [-0.2, -0.15) is 0 Å². The molecule has 1 aromatic rings. The lowest BCUT2D eigenvalue weighted by Gasteiger charge is -2.48. The van der Waals surface area contributed by atoms with Crippen LogP contribution in [0.1, 0.15) is 44.5 Å². The lowest BCUT2D eigenvalue weighted by molar-refractivity contribution is -0.143. The number of aryl methyl sites for hydroxylation is 1. The van der Waals surface area contributed by atoms with Crippen LogP contribution in [0.5, 0.6) is 0 Å². The van der Waals surface area contributed by atoms with Gasteiger partial charge in [0.1, 0.15) is 11.9 Å². The van der Waals surface area contributed by atoms with Gasteiger partial charge in [-0.1, -0.05) is 0 Å². The topological polar surface area (TPSA) is 61.7 Å². The Morgan fingerprint density at radius 3 is 2.59 bits per heavy atom. The van der Waals surface area contributed by atoms with E-state index in [9.17, 15) is 9.59 Å². The molecule has 1 aromatic heterocycles. The molecule has 150 valence electrons. The van der Waals surface area contributed by atoms with Crippen LogP contribution in [-0.2, 0) is 9.59 Å². The second-order valence-corrected chi connectivity index (χ2v) is 8.50. The maximum Gasteiger partial charge on any atom is 0.245 e. The van der Waals surface area contributed by atoms with Crippen LogP contribution < -0.4 is 0 Å². The second kappa shape index (κ2) is 8.00. The van der Waals surface area contributed by atoms with Crippen molar-refractivity contribution in [3.63, 3.8) is 0 Å². The molecule has 0 radical (unpaired) electrons. The smallest absolute Gasteiger partial charge is 0.245 e. The SMILES string of the molecule is Cc1nccn1C(C)C(=O)N1CCC2(CCC(=O)N(CCN(C)C)C2)CC1. The monoisotopic (exact) mass is 375 g/mol. The number of nitrogens with zero attached hydrogens (tertiary/aromatic N) is 5. The van der Waals surface area contributed by atoms with Crippen LogP contribution in [0.15, 0.2) is 12.4 Å². The molecule has 1 spiro atoms. The molecular formula is C20H33N5O2. The molecule has 2 amide bonds. The number of likely N-dealkylation sites (N-methyl/N-ethyl adjacent to an activating group) is 1. The van der Waals surface area contributed by atoms with Gasteiger partial charge in [-0.3, -0.25) is 9.59 Å². The maximum absolute atomic E-state index is 12.9. The summed E-state index contributed by atoms with van der Waals surface area (Å²) in [5.41, 5.74) is 0.186. The summed E-state index contributed by atoms with van der Waals surface area (Å²) in [6.07, 6.45) is 7.19. The Balaban J connectivity index is 1.58. The number of imidazole rings is 1. The number of aromatic nitrogens is 2. The average molecular weight is 376 g/mol. The quantitative estimate of drug-likeness (QED) is 0.783. The van der Waals surface area contributed by atoms with Crippen molar-refractivity contribution >= 4 is 11.8 Å². The van der Waals surface area contributed by atoms with Crippen molar-refractivity contribution in [1.82, 2.24) is 24.3 Å². The summed E-state index contributed by atoms with van der Waals surface area (Å²) >= 11 is 0. The van der Waals surface area contributed by atoms with Crippen molar-refractivity contribution in [3.05, 3.63) is 18.2 Å². The van der Waals surface area contributed by atoms with Gasteiger partial charge < -0.3 is 19.3 Å². The van der Waals surface area contributed by atoms with E-state index < -0.39 is 0 Å². The Morgan fingerprint density at radius 1 is 1.30 bits per heavy atom. The van der Waals surface area contributed by atoms with Crippen LogP contribution in [0.3, 0.4) is 0 Å². The number of rotatable bonds is 5. The van der Waals surface area contributed by atoms with Crippen molar-refractivity contribution in [2.75, 3.05) is 46.8 Å². The molecule has 0 saturated carbocycles. The van der Waals surface area contributed by atoms with E-state index in [-0.39, 0.29) is 23.3 Å². The first-order valence-electron chi connectivity index (χ1n) is 10.0. The molecule has 1 atom stereocenters. The highest BCUT2D eigenvalue weighted by Gasteiger charge is 2.42. The van der Waals surface area contributed by atoms with Gasteiger partial charge in [0.2, 0.25) is 11.8 Å². The van der Waals surface area contributed by atoms with Crippen LogP contribution in [0.4, 0.5) is 0 Å². The summed E-state index contributed by atoms with van der Waals surface area (Å²) < 4.78 is 1.94. The molecule has 0 aromatic carbocycles. The summed E-state index contributed by atoms with van der Waals surface area (Å²) in [7, 11) is 4.08. The van der Waals surface area contributed by atoms with Gasteiger partial charge in [-0.25, -0.2) is 4.98 Å². The molecule has 2 fully saturated rings. The highest BCUT2D eigenvalue weighted by molar-refractivity contribution is 5.80. The van der Waals surface area contributed by atoms with Gasteiger partial charge in [-0.05, 0) is 52.6 Å². The van der Waals surface area contributed by atoms with Crippen LogP contribution >= 0.6 is 0 Å². The summed E-state index contributed by atoms with van der Waals surface area (Å²) in [6, 6.07) is -0.217. The van der Waals surface area contributed by atoms with E-state index >= 15 is 0 Å². The van der Waals surface area contributed by atoms with Gasteiger partial charge in [0, 0.05) is 51.5 Å². The zero-order valence-corrected chi connectivity index (χ0v) is 17.1. The Bertz CT molecular complexity index is 676. The van der Waals surface area contributed by atoms with E-state index in [0.717, 1.165) is 57.8 Å². The van der Waals surface area contributed by atoms with Crippen molar-refractivity contribution in [3.8, 4) is 0 Å². The minimum atomic E-state index is -0.217. The molecule has 2 aliphatic heterocycles. The first kappa shape index (κ1) is 19.9. The van der Waals surface area contributed by atoms with Gasteiger partial charge in [0.25, 0.3) is 0 Å². The third-order valence-corrected chi connectivity index (χ3v) is 6.34. The number of hydrogen-bond acceptors (Lipinski definition) is 4. The van der Waals surface area contributed by atoms with Crippen molar-refractivity contribution in [1.29, 1.82) is 0 Å². The summed E-state index contributed by atoms with van der Waals surface area (Å²) in [4.78, 5) is 35.6. The largest absolute Gasteiger partial charge is 0.341 e. The third-order valence-electron chi connectivity index (χ3n) is 6.34. The Kier molecular flexibility index (Phi) is 5.89. The summed E-state index contributed by atoms with van der Waals surface area (Å²) in [5.74, 6) is 1.32. The predicted molar refractivity (Wildman–Crippen MR) is 104 cm³/mol. The van der Waals surface area contributed by atoms with E-state index in [1.807, 2.05) is 48.5 Å². The molecule has 3 rings (SSSR count). The molecule has 0 N–H and O–H groups in total.